The number of hydrogen-bond donors (Lipinski definition) is 0. The molecule has 0 aliphatic carbocycles. The molecule has 1 heterocycles. The Labute approximate surface area is 170 Å². The van der Waals surface area contributed by atoms with Crippen molar-refractivity contribution in [2.75, 3.05) is 6.61 Å². The van der Waals surface area contributed by atoms with Gasteiger partial charge in [-0.1, -0.05) is 12.1 Å². The van der Waals surface area contributed by atoms with Gasteiger partial charge in [-0.3, -0.25) is 19.3 Å². The Hall–Kier alpha value is -2.78. The van der Waals surface area contributed by atoms with Gasteiger partial charge in [0.2, 0.25) is 17.6 Å². The van der Waals surface area contributed by atoms with E-state index in [2.05, 4.69) is 4.74 Å². The largest absolute Gasteiger partial charge is 0.463 e. The highest BCUT2D eigenvalue weighted by Gasteiger charge is 2.63. The second-order valence-electron chi connectivity index (χ2n) is 7.83. The highest BCUT2D eigenvalue weighted by atomic mass is 19.4. The van der Waals surface area contributed by atoms with Crippen molar-refractivity contribution in [3.63, 3.8) is 0 Å². The maximum atomic E-state index is 16.0. The van der Waals surface area contributed by atoms with E-state index in [1.807, 2.05) is 0 Å². The molecule has 0 unspecified atom stereocenters. The van der Waals surface area contributed by atoms with Crippen LogP contribution < -0.4 is 0 Å². The van der Waals surface area contributed by atoms with Crippen LogP contribution in [0.3, 0.4) is 0 Å². The van der Waals surface area contributed by atoms with Crippen LogP contribution in [0.1, 0.15) is 50.0 Å². The van der Waals surface area contributed by atoms with Crippen LogP contribution in [-0.4, -0.2) is 46.3 Å². The molecule has 1 aromatic carbocycles. The third-order valence-electron chi connectivity index (χ3n) is 4.67. The molecule has 30 heavy (non-hydrogen) atoms. The number of carbonyl (C=O) groups is 4. The van der Waals surface area contributed by atoms with Gasteiger partial charge in [0.1, 0.15) is 5.92 Å². The van der Waals surface area contributed by atoms with E-state index in [0.29, 0.717) is 24.3 Å². The summed E-state index contributed by atoms with van der Waals surface area (Å²) < 4.78 is 58.9. The number of hydrogen-bond acceptors (Lipinski definition) is 5. The summed E-state index contributed by atoms with van der Waals surface area (Å²) in [4.78, 5) is 51.2. The number of esters is 1. The quantitative estimate of drug-likeness (QED) is 0.235. The minimum Gasteiger partial charge on any atom is -0.463 e. The minimum atomic E-state index is -4.68. The van der Waals surface area contributed by atoms with Crippen LogP contribution in [0.5, 0.6) is 0 Å². The molecule has 1 aliphatic rings. The Morgan fingerprint density at radius 3 is 2.00 bits per heavy atom. The molecule has 0 saturated carbocycles. The summed E-state index contributed by atoms with van der Waals surface area (Å²) >= 11 is 0. The van der Waals surface area contributed by atoms with Crippen molar-refractivity contribution in [1.82, 2.24) is 4.90 Å². The molecule has 10 heteroatoms. The number of rotatable bonds is 5. The lowest BCUT2D eigenvalue weighted by molar-refractivity contribution is -0.161. The first kappa shape index (κ1) is 23.5. The lowest BCUT2D eigenvalue weighted by Crippen LogP contribution is -2.54. The van der Waals surface area contributed by atoms with Gasteiger partial charge in [0.05, 0.1) is 12.2 Å². The van der Waals surface area contributed by atoms with Crippen molar-refractivity contribution < 1.29 is 41.5 Å². The van der Waals surface area contributed by atoms with Crippen molar-refractivity contribution in [3.8, 4) is 0 Å². The lowest BCUT2D eigenvalue weighted by Gasteiger charge is -2.32. The van der Waals surface area contributed by atoms with Gasteiger partial charge in [-0.15, -0.1) is 0 Å². The van der Waals surface area contributed by atoms with E-state index in [4.69, 9.17) is 0 Å². The third kappa shape index (κ3) is 4.08. The molecule has 0 bridgehead atoms. The molecule has 0 spiro atoms. The smallest absolute Gasteiger partial charge is 0.416 e. The van der Waals surface area contributed by atoms with Crippen LogP contribution in [0.4, 0.5) is 17.6 Å². The predicted molar refractivity (Wildman–Crippen MR) is 96.0 cm³/mol. The highest BCUT2D eigenvalue weighted by Crippen LogP contribution is 2.39. The van der Waals surface area contributed by atoms with E-state index in [1.165, 1.54) is 27.7 Å². The van der Waals surface area contributed by atoms with Gasteiger partial charge in [0.15, 0.2) is 0 Å². The van der Waals surface area contributed by atoms with Crippen LogP contribution >= 0.6 is 0 Å². The van der Waals surface area contributed by atoms with Crippen LogP contribution in [0.25, 0.3) is 0 Å². The van der Waals surface area contributed by atoms with Crippen molar-refractivity contribution in [1.29, 1.82) is 0 Å². The Morgan fingerprint density at radius 2 is 1.60 bits per heavy atom. The Bertz CT molecular complexity index is 873. The van der Waals surface area contributed by atoms with Crippen molar-refractivity contribution >= 4 is 23.6 Å². The van der Waals surface area contributed by atoms with Crippen molar-refractivity contribution in [2.24, 2.45) is 5.92 Å². The second kappa shape index (κ2) is 7.81. The van der Waals surface area contributed by atoms with Gasteiger partial charge in [-0.2, -0.15) is 13.2 Å². The zero-order chi connectivity index (χ0) is 23.1. The summed E-state index contributed by atoms with van der Waals surface area (Å²) in [6, 6.07) is 2.53. The summed E-state index contributed by atoms with van der Waals surface area (Å²) in [5, 5.41) is 0. The number of amides is 2. The second-order valence-corrected chi connectivity index (χ2v) is 7.83. The van der Waals surface area contributed by atoms with Gasteiger partial charge >= 0.3 is 12.1 Å². The Morgan fingerprint density at radius 1 is 1.07 bits per heavy atom. The molecule has 2 atom stereocenters. The number of carbonyl (C=O) groups excluding carboxylic acids is 4. The molecule has 6 nitrogen and oxygen atoms in total. The number of likely N-dealkylation sites (tertiary alicyclic amines) is 1. The molecule has 1 aliphatic heterocycles. The van der Waals surface area contributed by atoms with Crippen LogP contribution in [0.2, 0.25) is 0 Å². The predicted octanol–water partition coefficient (Wildman–Crippen LogP) is 3.33. The van der Waals surface area contributed by atoms with Gasteiger partial charge in [-0.25, -0.2) is 9.18 Å². The fourth-order valence-electron chi connectivity index (χ4n) is 3.30. The van der Waals surface area contributed by atoms with E-state index < -0.39 is 64.4 Å². The summed E-state index contributed by atoms with van der Waals surface area (Å²) in [6.07, 6.45) is -5.44. The van der Waals surface area contributed by atoms with Gasteiger partial charge in [0, 0.05) is 17.5 Å². The average Bonchev–Trinajstić information content (AvgIpc) is 2.94. The SMILES string of the molecule is CCOC(=O)[C@@](F)(C(=O)c1ccc(C(F)(F)F)cc1)[C@H]1CC(=O)N(C(C)(C)C)C1=O. The van der Waals surface area contributed by atoms with Gasteiger partial charge < -0.3 is 4.74 Å². The Balaban J connectivity index is 2.52. The summed E-state index contributed by atoms with van der Waals surface area (Å²) in [5.74, 6) is -7.04. The molecular formula is C20H21F4NO5. The van der Waals surface area contributed by atoms with Gasteiger partial charge in [-0.05, 0) is 39.8 Å². The van der Waals surface area contributed by atoms with Gasteiger partial charge in [0.25, 0.3) is 5.67 Å². The molecule has 1 fully saturated rings. The summed E-state index contributed by atoms with van der Waals surface area (Å²) in [5.41, 5.74) is -6.24. The number of Topliss-reactive ketones (excluding diaryl/α,β-unsaturated/α-hetero) is 1. The molecule has 0 N–H and O–H groups in total. The number of nitrogens with zero attached hydrogens (tertiary/aromatic N) is 1. The van der Waals surface area contributed by atoms with Crippen LogP contribution in [-0.2, 0) is 25.3 Å². The van der Waals surface area contributed by atoms with E-state index in [-0.39, 0.29) is 6.61 Å². The molecule has 0 aromatic heterocycles. The average molecular weight is 431 g/mol. The maximum Gasteiger partial charge on any atom is 0.416 e. The third-order valence-corrected chi connectivity index (χ3v) is 4.67. The highest BCUT2D eigenvalue weighted by molar-refractivity contribution is 6.20. The first-order valence-electron chi connectivity index (χ1n) is 9.10. The molecule has 1 aromatic rings. The maximum absolute atomic E-state index is 16.0. The summed E-state index contributed by atoms with van der Waals surface area (Å²) in [7, 11) is 0. The van der Waals surface area contributed by atoms with E-state index >= 15 is 4.39 Å². The first-order chi connectivity index (χ1) is 13.7. The minimum absolute atomic E-state index is 0.317. The topological polar surface area (TPSA) is 80.8 Å². The number of ketones is 1. The molecule has 2 amide bonds. The van der Waals surface area contributed by atoms with E-state index in [0.717, 1.165) is 4.90 Å². The van der Waals surface area contributed by atoms with Crippen LogP contribution in [0, 0.1) is 5.92 Å². The molecular weight excluding hydrogens is 410 g/mol. The number of imide groups is 1. The number of halogens is 4. The van der Waals surface area contributed by atoms with E-state index in [9.17, 15) is 32.3 Å². The molecule has 0 radical (unpaired) electrons. The summed E-state index contributed by atoms with van der Waals surface area (Å²) in [6.45, 7) is 5.60. The molecule has 164 valence electrons. The number of ether oxygens (including phenoxy) is 1. The fraction of sp³-hybridized carbons (Fsp3) is 0.500. The standard InChI is InChI=1S/C20H21F4NO5/c1-5-30-17(29)19(21,13-10-14(26)25(16(13)28)18(2,3)4)15(27)11-6-8-12(9-7-11)20(22,23)24/h6-9,13H,5,10H2,1-4H3/t13-,19-/m0/s1. The zero-order valence-electron chi connectivity index (χ0n) is 16.8. The Kier molecular flexibility index (Phi) is 6.11. The fourth-order valence-corrected chi connectivity index (χ4v) is 3.30. The zero-order valence-corrected chi connectivity index (χ0v) is 16.8. The van der Waals surface area contributed by atoms with Crippen molar-refractivity contribution in [3.05, 3.63) is 35.4 Å². The van der Waals surface area contributed by atoms with E-state index in [1.54, 1.807) is 0 Å². The van der Waals surface area contributed by atoms with Crippen molar-refractivity contribution in [2.45, 2.75) is 51.5 Å². The lowest BCUT2D eigenvalue weighted by atomic mass is 9.81. The number of alkyl halides is 4. The molecule has 1 saturated heterocycles. The molecule has 2 rings (SSSR count). The normalized spacial score (nSPS) is 19.6. The first-order valence-corrected chi connectivity index (χ1v) is 9.10. The number of benzene rings is 1. The monoisotopic (exact) mass is 431 g/mol. The van der Waals surface area contributed by atoms with Crippen LogP contribution in [0.15, 0.2) is 24.3 Å².